The molecule has 0 aromatic rings. The molecular formula is C9H16. The lowest BCUT2D eigenvalue weighted by molar-refractivity contribution is -0.00920. The maximum Gasteiger partial charge on any atom is -0.0326 e. The van der Waals surface area contributed by atoms with Crippen molar-refractivity contribution in [2.45, 2.75) is 39.5 Å². The standard InChI is InChI=1S/C9H16/c1-9(2)4-3-7-5-8(9)6-7/h7-8H,3-6H2,1-2H3. The van der Waals surface area contributed by atoms with Gasteiger partial charge in [0.05, 0.1) is 0 Å². The molecule has 52 valence electrons. The van der Waals surface area contributed by atoms with Gasteiger partial charge in [-0.05, 0) is 42.9 Å². The summed E-state index contributed by atoms with van der Waals surface area (Å²) in [5.74, 6) is 2.24. The van der Waals surface area contributed by atoms with E-state index in [1.807, 2.05) is 0 Å². The van der Waals surface area contributed by atoms with Crippen LogP contribution in [0.1, 0.15) is 39.5 Å². The van der Waals surface area contributed by atoms with E-state index in [0.717, 1.165) is 11.8 Å². The van der Waals surface area contributed by atoms with Gasteiger partial charge in [0.15, 0.2) is 0 Å². The van der Waals surface area contributed by atoms with E-state index in [0.29, 0.717) is 5.41 Å². The van der Waals surface area contributed by atoms with Gasteiger partial charge >= 0.3 is 0 Å². The van der Waals surface area contributed by atoms with Crippen LogP contribution >= 0.6 is 0 Å². The van der Waals surface area contributed by atoms with E-state index in [4.69, 9.17) is 0 Å². The molecule has 3 fully saturated rings. The Morgan fingerprint density at radius 1 is 1.22 bits per heavy atom. The van der Waals surface area contributed by atoms with Crippen molar-refractivity contribution >= 4 is 0 Å². The molecule has 0 saturated heterocycles. The molecule has 3 saturated carbocycles. The maximum absolute atomic E-state index is 2.44. The molecule has 0 heterocycles. The van der Waals surface area contributed by atoms with Crippen LogP contribution in [0.3, 0.4) is 0 Å². The van der Waals surface area contributed by atoms with Gasteiger partial charge in [-0.15, -0.1) is 0 Å². The van der Waals surface area contributed by atoms with Crippen LogP contribution in [0.2, 0.25) is 0 Å². The summed E-state index contributed by atoms with van der Waals surface area (Å²) in [7, 11) is 0. The van der Waals surface area contributed by atoms with E-state index in [-0.39, 0.29) is 0 Å². The van der Waals surface area contributed by atoms with Crippen LogP contribution in [-0.4, -0.2) is 0 Å². The Bertz CT molecular complexity index is 115. The first-order valence-corrected chi connectivity index (χ1v) is 4.18. The highest BCUT2D eigenvalue weighted by Gasteiger charge is 2.44. The largest absolute Gasteiger partial charge is 0.0596 e. The zero-order chi connectivity index (χ0) is 6.48. The number of hydrogen-bond donors (Lipinski definition) is 0. The molecule has 0 nitrogen and oxygen atoms in total. The molecular weight excluding hydrogens is 108 g/mol. The van der Waals surface area contributed by atoms with E-state index in [1.165, 1.54) is 12.8 Å². The molecule has 0 aromatic heterocycles. The van der Waals surface area contributed by atoms with Crippen LogP contribution in [0.4, 0.5) is 0 Å². The summed E-state index contributed by atoms with van der Waals surface area (Å²) >= 11 is 0. The minimum Gasteiger partial charge on any atom is -0.0596 e. The quantitative estimate of drug-likeness (QED) is 0.466. The average molecular weight is 124 g/mol. The predicted molar refractivity (Wildman–Crippen MR) is 39.2 cm³/mol. The van der Waals surface area contributed by atoms with Crippen molar-refractivity contribution in [2.24, 2.45) is 17.3 Å². The van der Waals surface area contributed by atoms with Crippen LogP contribution in [0.25, 0.3) is 0 Å². The molecule has 0 radical (unpaired) electrons. The van der Waals surface area contributed by atoms with Gasteiger partial charge < -0.3 is 0 Å². The summed E-state index contributed by atoms with van der Waals surface area (Å²) in [5, 5.41) is 0. The first-order valence-electron chi connectivity index (χ1n) is 4.18. The molecule has 3 aliphatic carbocycles. The molecule has 9 heavy (non-hydrogen) atoms. The van der Waals surface area contributed by atoms with Crippen LogP contribution in [0, 0.1) is 17.3 Å². The van der Waals surface area contributed by atoms with E-state index in [2.05, 4.69) is 13.8 Å². The van der Waals surface area contributed by atoms with Gasteiger partial charge in [0.25, 0.3) is 0 Å². The van der Waals surface area contributed by atoms with Gasteiger partial charge in [-0.1, -0.05) is 13.8 Å². The molecule has 0 unspecified atom stereocenters. The van der Waals surface area contributed by atoms with Crippen LogP contribution in [-0.2, 0) is 0 Å². The zero-order valence-electron chi connectivity index (χ0n) is 6.48. The molecule has 0 amide bonds. The van der Waals surface area contributed by atoms with Crippen molar-refractivity contribution < 1.29 is 0 Å². The van der Waals surface area contributed by atoms with Crippen LogP contribution in [0.5, 0.6) is 0 Å². The Hall–Kier alpha value is 0. The third-order valence-corrected chi connectivity index (χ3v) is 3.54. The molecule has 0 atom stereocenters. The Balaban J connectivity index is 2.10. The van der Waals surface area contributed by atoms with Crippen molar-refractivity contribution in [3.05, 3.63) is 0 Å². The lowest BCUT2D eigenvalue weighted by atomic mass is 9.54. The normalized spacial score (nSPS) is 46.0. The molecule has 3 rings (SSSR count). The van der Waals surface area contributed by atoms with Gasteiger partial charge in [0.1, 0.15) is 0 Å². The topological polar surface area (TPSA) is 0 Å². The molecule has 0 spiro atoms. The first-order chi connectivity index (χ1) is 4.18. The Kier molecular flexibility index (Phi) is 0.980. The lowest BCUT2D eigenvalue weighted by Gasteiger charge is -2.52. The number of fused-ring (bicyclic) bond motifs is 2. The van der Waals surface area contributed by atoms with Crippen molar-refractivity contribution in [3.63, 3.8) is 0 Å². The van der Waals surface area contributed by atoms with E-state index in [9.17, 15) is 0 Å². The molecule has 0 aromatic carbocycles. The van der Waals surface area contributed by atoms with Gasteiger partial charge in [-0.3, -0.25) is 0 Å². The first kappa shape index (κ1) is 5.76. The fourth-order valence-corrected chi connectivity index (χ4v) is 2.39. The molecule has 0 N–H and O–H groups in total. The zero-order valence-corrected chi connectivity index (χ0v) is 6.48. The minimum absolute atomic E-state index is 0.703. The lowest BCUT2D eigenvalue weighted by Crippen LogP contribution is -2.41. The van der Waals surface area contributed by atoms with Crippen molar-refractivity contribution in [1.82, 2.24) is 0 Å². The molecule has 2 bridgehead atoms. The summed E-state index contributed by atoms with van der Waals surface area (Å²) < 4.78 is 0. The van der Waals surface area contributed by atoms with E-state index < -0.39 is 0 Å². The summed E-state index contributed by atoms with van der Waals surface area (Å²) in [6, 6.07) is 0. The van der Waals surface area contributed by atoms with E-state index in [1.54, 1.807) is 12.8 Å². The predicted octanol–water partition coefficient (Wildman–Crippen LogP) is 2.83. The summed E-state index contributed by atoms with van der Waals surface area (Å²) in [6.45, 7) is 4.88. The van der Waals surface area contributed by atoms with E-state index >= 15 is 0 Å². The Morgan fingerprint density at radius 2 is 1.89 bits per heavy atom. The second-order valence-corrected chi connectivity index (χ2v) is 4.56. The van der Waals surface area contributed by atoms with Gasteiger partial charge in [-0.2, -0.15) is 0 Å². The fraction of sp³-hybridized carbons (Fsp3) is 1.00. The maximum atomic E-state index is 2.44. The second-order valence-electron chi connectivity index (χ2n) is 4.56. The smallest absolute Gasteiger partial charge is 0.0326 e. The number of hydrogen-bond acceptors (Lipinski definition) is 0. The highest BCUT2D eigenvalue weighted by molar-refractivity contribution is 4.94. The highest BCUT2D eigenvalue weighted by atomic mass is 14.5. The second kappa shape index (κ2) is 1.53. The Morgan fingerprint density at radius 3 is 2.11 bits per heavy atom. The summed E-state index contributed by atoms with van der Waals surface area (Å²) in [6.07, 6.45) is 6.10. The fourth-order valence-electron chi connectivity index (χ4n) is 2.39. The van der Waals surface area contributed by atoms with Gasteiger partial charge in [0.2, 0.25) is 0 Å². The third-order valence-electron chi connectivity index (χ3n) is 3.54. The van der Waals surface area contributed by atoms with Crippen molar-refractivity contribution in [1.29, 1.82) is 0 Å². The van der Waals surface area contributed by atoms with Crippen LogP contribution < -0.4 is 0 Å². The molecule has 3 aliphatic rings. The van der Waals surface area contributed by atoms with Gasteiger partial charge in [-0.25, -0.2) is 0 Å². The van der Waals surface area contributed by atoms with Crippen molar-refractivity contribution in [2.75, 3.05) is 0 Å². The highest BCUT2D eigenvalue weighted by Crippen LogP contribution is 2.55. The van der Waals surface area contributed by atoms with Crippen molar-refractivity contribution in [3.8, 4) is 0 Å². The van der Waals surface area contributed by atoms with Crippen LogP contribution in [0.15, 0.2) is 0 Å². The Labute approximate surface area is 57.6 Å². The third kappa shape index (κ3) is 0.720. The molecule has 0 aliphatic heterocycles. The average Bonchev–Trinajstić information content (AvgIpc) is 1.58. The minimum atomic E-state index is 0.703. The summed E-state index contributed by atoms with van der Waals surface area (Å²) in [4.78, 5) is 0. The SMILES string of the molecule is CC1(C)CCC2CC1C2. The summed E-state index contributed by atoms with van der Waals surface area (Å²) in [5.41, 5.74) is 0.703. The monoisotopic (exact) mass is 124 g/mol. The van der Waals surface area contributed by atoms with Gasteiger partial charge in [0, 0.05) is 0 Å². The molecule has 0 heteroatoms. The number of rotatable bonds is 0.